The minimum atomic E-state index is 0.160. The molecule has 1 saturated carbocycles. The fourth-order valence-corrected chi connectivity index (χ4v) is 4.19. The second kappa shape index (κ2) is 6.39. The molecule has 1 aromatic carbocycles. The van der Waals surface area contributed by atoms with Crippen LogP contribution < -0.4 is 4.74 Å². The molecule has 0 N–H and O–H groups in total. The zero-order valence-corrected chi connectivity index (χ0v) is 14.0. The number of nitrogens with zero attached hydrogens (tertiary/aromatic N) is 1. The van der Waals surface area contributed by atoms with Crippen LogP contribution in [0.2, 0.25) is 0 Å². The minimum absolute atomic E-state index is 0.160. The molecule has 0 unspecified atom stereocenters. The average molecular weight is 321 g/mol. The number of ether oxygens (including phenoxy) is 1. The Kier molecular flexibility index (Phi) is 4.09. The highest BCUT2D eigenvalue weighted by molar-refractivity contribution is 5.98. The third-order valence-electron chi connectivity index (χ3n) is 5.47. The first-order valence-electron chi connectivity index (χ1n) is 8.94. The maximum absolute atomic E-state index is 12.6. The lowest BCUT2D eigenvalue weighted by molar-refractivity contribution is 0.0817. The van der Waals surface area contributed by atoms with Gasteiger partial charge in [-0.05, 0) is 36.3 Å². The van der Waals surface area contributed by atoms with Crippen molar-refractivity contribution in [3.63, 3.8) is 0 Å². The van der Waals surface area contributed by atoms with E-state index in [2.05, 4.69) is 4.98 Å². The van der Waals surface area contributed by atoms with Crippen LogP contribution in [-0.4, -0.2) is 10.8 Å². The topological polar surface area (TPSA) is 39.2 Å². The number of carbonyl (C=O) groups is 1. The lowest BCUT2D eigenvalue weighted by Gasteiger charge is -2.39. The van der Waals surface area contributed by atoms with Gasteiger partial charge >= 0.3 is 0 Å². The van der Waals surface area contributed by atoms with Gasteiger partial charge in [-0.3, -0.25) is 4.79 Å². The van der Waals surface area contributed by atoms with Crippen LogP contribution in [0.15, 0.2) is 42.5 Å². The van der Waals surface area contributed by atoms with E-state index in [1.54, 1.807) is 0 Å². The Bertz CT molecular complexity index is 733. The van der Waals surface area contributed by atoms with E-state index < -0.39 is 0 Å². The molecule has 1 spiro atoms. The summed E-state index contributed by atoms with van der Waals surface area (Å²) >= 11 is 0. The number of pyridine rings is 1. The molecular formula is C21H23NO2. The van der Waals surface area contributed by atoms with E-state index in [0.29, 0.717) is 18.9 Å². The van der Waals surface area contributed by atoms with Gasteiger partial charge in [0.05, 0.1) is 5.69 Å². The van der Waals surface area contributed by atoms with Crippen LogP contribution in [0.1, 0.15) is 60.1 Å². The molecule has 0 aliphatic heterocycles. The third-order valence-corrected chi connectivity index (χ3v) is 5.47. The zero-order chi connectivity index (χ0) is 16.4. The molecule has 3 heteroatoms. The van der Waals surface area contributed by atoms with Crippen molar-refractivity contribution in [2.45, 2.75) is 51.6 Å². The smallest absolute Gasteiger partial charge is 0.213 e. The molecule has 1 fully saturated rings. The highest BCUT2D eigenvalue weighted by Gasteiger charge is 2.40. The number of rotatable bonds is 3. The number of carbonyl (C=O) groups excluding carboxylic acids is 1. The molecule has 124 valence electrons. The number of hydrogen-bond donors (Lipinski definition) is 0. The molecule has 0 amide bonds. The first-order chi connectivity index (χ1) is 11.7. The van der Waals surface area contributed by atoms with E-state index >= 15 is 0 Å². The predicted molar refractivity (Wildman–Crippen MR) is 93.2 cm³/mol. The van der Waals surface area contributed by atoms with Gasteiger partial charge in [0.15, 0.2) is 5.78 Å². The highest BCUT2D eigenvalue weighted by atomic mass is 16.5. The van der Waals surface area contributed by atoms with Crippen molar-refractivity contribution in [1.29, 1.82) is 0 Å². The molecule has 0 radical (unpaired) electrons. The molecule has 3 nitrogen and oxygen atoms in total. The Balaban J connectivity index is 1.53. The summed E-state index contributed by atoms with van der Waals surface area (Å²) in [5.74, 6) is 0.888. The number of ketones is 1. The van der Waals surface area contributed by atoms with Crippen molar-refractivity contribution in [1.82, 2.24) is 4.98 Å². The molecule has 0 atom stereocenters. The Labute approximate surface area is 143 Å². The summed E-state index contributed by atoms with van der Waals surface area (Å²) in [5.41, 5.74) is 3.03. The zero-order valence-electron chi connectivity index (χ0n) is 14.0. The van der Waals surface area contributed by atoms with Crippen molar-refractivity contribution in [2.24, 2.45) is 5.41 Å². The second-order valence-electron chi connectivity index (χ2n) is 7.26. The van der Waals surface area contributed by atoms with Gasteiger partial charge in [0, 0.05) is 18.1 Å². The normalized spacial score (nSPS) is 19.1. The maximum Gasteiger partial charge on any atom is 0.213 e. The van der Waals surface area contributed by atoms with Crippen molar-refractivity contribution < 1.29 is 9.53 Å². The minimum Gasteiger partial charge on any atom is -0.473 e. The van der Waals surface area contributed by atoms with Crippen LogP contribution in [0.3, 0.4) is 0 Å². The number of Topliss-reactive ketones (excluding diaryl/α,β-unsaturated/α-hetero) is 1. The van der Waals surface area contributed by atoms with E-state index in [0.717, 1.165) is 36.1 Å². The Morgan fingerprint density at radius 1 is 0.958 bits per heavy atom. The van der Waals surface area contributed by atoms with Gasteiger partial charge in [0.1, 0.15) is 6.61 Å². The SMILES string of the molecule is O=C1CC2(CCCCC2)Cc2nc(OCc3ccccc3)ccc21. The molecule has 2 aliphatic rings. The van der Waals surface area contributed by atoms with E-state index in [1.807, 2.05) is 42.5 Å². The molecule has 2 aliphatic carbocycles. The van der Waals surface area contributed by atoms with Crippen molar-refractivity contribution in [2.75, 3.05) is 0 Å². The van der Waals surface area contributed by atoms with Gasteiger partial charge in [-0.25, -0.2) is 4.98 Å². The molecule has 1 heterocycles. The predicted octanol–water partition coefficient (Wildman–Crippen LogP) is 4.74. The van der Waals surface area contributed by atoms with Crippen LogP contribution in [-0.2, 0) is 13.0 Å². The summed E-state index contributed by atoms with van der Waals surface area (Å²) in [6, 6.07) is 13.8. The molecule has 4 rings (SSSR count). The van der Waals surface area contributed by atoms with Gasteiger partial charge in [-0.1, -0.05) is 49.6 Å². The van der Waals surface area contributed by atoms with Gasteiger partial charge in [-0.15, -0.1) is 0 Å². The van der Waals surface area contributed by atoms with Crippen molar-refractivity contribution >= 4 is 5.78 Å². The van der Waals surface area contributed by atoms with Crippen LogP contribution >= 0.6 is 0 Å². The van der Waals surface area contributed by atoms with Crippen LogP contribution in [0.4, 0.5) is 0 Å². The first kappa shape index (κ1) is 15.4. The van der Waals surface area contributed by atoms with E-state index in [1.165, 1.54) is 19.3 Å². The summed E-state index contributed by atoms with van der Waals surface area (Å²) in [6.45, 7) is 0.506. The number of fused-ring (bicyclic) bond motifs is 1. The first-order valence-corrected chi connectivity index (χ1v) is 8.94. The van der Waals surface area contributed by atoms with Crippen molar-refractivity contribution in [3.05, 3.63) is 59.3 Å². The van der Waals surface area contributed by atoms with Gasteiger partial charge in [0.2, 0.25) is 5.88 Å². The van der Waals surface area contributed by atoms with Gasteiger partial charge in [0.25, 0.3) is 0 Å². The Hall–Kier alpha value is -2.16. The number of aromatic nitrogens is 1. The largest absolute Gasteiger partial charge is 0.473 e. The molecule has 1 aromatic heterocycles. The van der Waals surface area contributed by atoms with E-state index in [4.69, 9.17) is 4.74 Å². The van der Waals surface area contributed by atoms with Crippen molar-refractivity contribution in [3.8, 4) is 5.88 Å². The summed E-state index contributed by atoms with van der Waals surface area (Å²) < 4.78 is 5.85. The summed E-state index contributed by atoms with van der Waals surface area (Å²) in [5, 5.41) is 0. The molecular weight excluding hydrogens is 298 g/mol. The number of hydrogen-bond acceptors (Lipinski definition) is 3. The van der Waals surface area contributed by atoms with Crippen LogP contribution in [0, 0.1) is 5.41 Å². The summed E-state index contributed by atoms with van der Waals surface area (Å²) in [6.07, 6.45) is 7.74. The lowest BCUT2D eigenvalue weighted by Crippen LogP contribution is -2.35. The molecule has 0 bridgehead atoms. The fourth-order valence-electron chi connectivity index (χ4n) is 4.19. The van der Waals surface area contributed by atoms with E-state index in [-0.39, 0.29) is 11.2 Å². The third kappa shape index (κ3) is 3.08. The van der Waals surface area contributed by atoms with E-state index in [9.17, 15) is 4.79 Å². The van der Waals surface area contributed by atoms with Crippen LogP contribution in [0.5, 0.6) is 5.88 Å². The van der Waals surface area contributed by atoms with Gasteiger partial charge < -0.3 is 4.74 Å². The monoisotopic (exact) mass is 321 g/mol. The molecule has 24 heavy (non-hydrogen) atoms. The summed E-state index contributed by atoms with van der Waals surface area (Å²) in [7, 11) is 0. The Morgan fingerprint density at radius 3 is 2.54 bits per heavy atom. The molecule has 0 saturated heterocycles. The number of benzene rings is 1. The molecule has 2 aromatic rings. The second-order valence-corrected chi connectivity index (χ2v) is 7.26. The average Bonchev–Trinajstić information content (AvgIpc) is 2.61. The Morgan fingerprint density at radius 2 is 1.75 bits per heavy atom. The standard InChI is InChI=1S/C21H23NO2/c23-19-14-21(11-5-2-6-12-21)13-18-17(19)9-10-20(22-18)24-15-16-7-3-1-4-8-16/h1,3-4,7-10H,2,5-6,11-15H2. The van der Waals surface area contributed by atoms with Crippen LogP contribution in [0.25, 0.3) is 0 Å². The highest BCUT2D eigenvalue weighted by Crippen LogP contribution is 2.46. The van der Waals surface area contributed by atoms with Gasteiger partial charge in [-0.2, -0.15) is 0 Å². The fraction of sp³-hybridized carbons (Fsp3) is 0.429. The maximum atomic E-state index is 12.6. The lowest BCUT2D eigenvalue weighted by atomic mass is 9.64. The quantitative estimate of drug-likeness (QED) is 0.819. The summed E-state index contributed by atoms with van der Waals surface area (Å²) in [4.78, 5) is 17.3.